The van der Waals surface area contributed by atoms with Crippen LogP contribution < -0.4 is 0 Å². The van der Waals surface area contributed by atoms with Crippen LogP contribution in [0, 0.1) is 12.7 Å². The van der Waals surface area contributed by atoms with E-state index in [9.17, 15) is 9.18 Å². The molecular formula is C10H7FO2S. The van der Waals surface area contributed by atoms with Crippen LogP contribution in [-0.2, 0) is 0 Å². The number of hydrogen-bond acceptors (Lipinski definition) is 2. The summed E-state index contributed by atoms with van der Waals surface area (Å²) in [6.07, 6.45) is 0. The third-order valence-electron chi connectivity index (χ3n) is 2.00. The Morgan fingerprint density at radius 3 is 2.86 bits per heavy atom. The number of carbonyl (C=O) groups is 1. The zero-order valence-electron chi connectivity index (χ0n) is 7.37. The Kier molecular flexibility index (Phi) is 2.00. The van der Waals surface area contributed by atoms with E-state index in [1.807, 2.05) is 0 Å². The highest BCUT2D eigenvalue weighted by Gasteiger charge is 2.13. The second-order valence-electron chi connectivity index (χ2n) is 3.08. The highest BCUT2D eigenvalue weighted by Crippen LogP contribution is 2.29. The molecule has 0 aliphatic heterocycles. The van der Waals surface area contributed by atoms with Crippen molar-refractivity contribution >= 4 is 27.4 Å². The summed E-state index contributed by atoms with van der Waals surface area (Å²) in [5, 5.41) is 10.6. The van der Waals surface area contributed by atoms with Gasteiger partial charge < -0.3 is 5.11 Å². The first-order valence-corrected chi connectivity index (χ1v) is 4.88. The predicted molar refractivity (Wildman–Crippen MR) is 53.5 cm³/mol. The molecule has 0 fully saturated rings. The van der Waals surface area contributed by atoms with Crippen molar-refractivity contribution in [3.8, 4) is 0 Å². The van der Waals surface area contributed by atoms with Gasteiger partial charge in [0.25, 0.3) is 0 Å². The van der Waals surface area contributed by atoms with E-state index in [1.165, 1.54) is 5.38 Å². The lowest BCUT2D eigenvalue weighted by atomic mass is 10.1. The van der Waals surface area contributed by atoms with Crippen molar-refractivity contribution < 1.29 is 14.3 Å². The summed E-state index contributed by atoms with van der Waals surface area (Å²) < 4.78 is 13.7. The van der Waals surface area contributed by atoms with Gasteiger partial charge in [-0.05, 0) is 24.6 Å². The molecule has 1 aromatic carbocycles. The van der Waals surface area contributed by atoms with Crippen LogP contribution >= 0.6 is 11.3 Å². The van der Waals surface area contributed by atoms with E-state index in [-0.39, 0.29) is 11.4 Å². The van der Waals surface area contributed by atoms with Gasteiger partial charge in [0.05, 0.1) is 10.3 Å². The van der Waals surface area contributed by atoms with E-state index in [2.05, 4.69) is 0 Å². The number of aromatic carboxylic acids is 1. The number of rotatable bonds is 1. The average Bonchev–Trinajstić information content (AvgIpc) is 2.47. The molecule has 0 saturated carbocycles. The first-order chi connectivity index (χ1) is 6.59. The summed E-state index contributed by atoms with van der Waals surface area (Å²) in [7, 11) is 0. The molecule has 72 valence electrons. The molecule has 0 spiro atoms. The minimum atomic E-state index is -1.01. The molecule has 2 rings (SSSR count). The molecule has 0 atom stereocenters. The largest absolute Gasteiger partial charge is 0.478 e. The second-order valence-corrected chi connectivity index (χ2v) is 3.96. The van der Waals surface area contributed by atoms with Crippen molar-refractivity contribution in [2.75, 3.05) is 0 Å². The van der Waals surface area contributed by atoms with Gasteiger partial charge in [-0.2, -0.15) is 0 Å². The first kappa shape index (κ1) is 9.15. The monoisotopic (exact) mass is 210 g/mol. The number of benzene rings is 1. The number of carboxylic acid groups (broad SMARTS) is 1. The Hall–Kier alpha value is -1.42. The zero-order valence-corrected chi connectivity index (χ0v) is 8.19. The lowest BCUT2D eigenvalue weighted by Crippen LogP contribution is -1.96. The summed E-state index contributed by atoms with van der Waals surface area (Å²) in [5.74, 6) is -1.36. The predicted octanol–water partition coefficient (Wildman–Crippen LogP) is 3.05. The number of carboxylic acids is 1. The summed E-state index contributed by atoms with van der Waals surface area (Å²) in [6.45, 7) is 1.75. The lowest BCUT2D eigenvalue weighted by Gasteiger charge is -1.99. The lowest BCUT2D eigenvalue weighted by molar-refractivity contribution is 0.0699. The molecule has 1 aromatic heterocycles. The van der Waals surface area contributed by atoms with Crippen LogP contribution in [-0.4, -0.2) is 11.1 Å². The van der Waals surface area contributed by atoms with Crippen molar-refractivity contribution in [1.82, 2.24) is 0 Å². The Balaban J connectivity index is 2.88. The summed E-state index contributed by atoms with van der Waals surface area (Å²) in [6, 6.07) is 3.22. The Morgan fingerprint density at radius 1 is 1.50 bits per heavy atom. The van der Waals surface area contributed by atoms with Gasteiger partial charge in [0, 0.05) is 10.8 Å². The second kappa shape index (κ2) is 3.06. The molecule has 0 radical (unpaired) electrons. The zero-order chi connectivity index (χ0) is 10.3. The standard InChI is InChI=1S/C10H7FO2S/c1-5-2-6-8(11)4-14-9(6)7(3-5)10(12)13/h2-4H,1H3,(H,12,13). The maximum Gasteiger partial charge on any atom is 0.337 e. The van der Waals surface area contributed by atoms with Gasteiger partial charge >= 0.3 is 5.97 Å². The summed E-state index contributed by atoms with van der Waals surface area (Å²) in [5.41, 5.74) is 0.932. The molecule has 2 nitrogen and oxygen atoms in total. The minimum Gasteiger partial charge on any atom is -0.478 e. The number of aryl methyl sites for hydroxylation is 1. The minimum absolute atomic E-state index is 0.175. The molecular weight excluding hydrogens is 203 g/mol. The Morgan fingerprint density at radius 2 is 2.21 bits per heavy atom. The van der Waals surface area contributed by atoms with Gasteiger partial charge in [0.15, 0.2) is 0 Å². The van der Waals surface area contributed by atoms with Crippen LogP contribution in [0.15, 0.2) is 17.5 Å². The topological polar surface area (TPSA) is 37.3 Å². The van der Waals surface area contributed by atoms with Crippen LogP contribution in [0.5, 0.6) is 0 Å². The average molecular weight is 210 g/mol. The van der Waals surface area contributed by atoms with Gasteiger partial charge in [-0.15, -0.1) is 11.3 Å². The van der Waals surface area contributed by atoms with Crippen LogP contribution in [0.3, 0.4) is 0 Å². The van der Waals surface area contributed by atoms with Gasteiger partial charge in [0.2, 0.25) is 0 Å². The number of fused-ring (bicyclic) bond motifs is 1. The molecule has 0 aliphatic carbocycles. The van der Waals surface area contributed by atoms with E-state index in [0.29, 0.717) is 10.1 Å². The molecule has 0 aliphatic rings. The third-order valence-corrected chi connectivity index (χ3v) is 3.00. The van der Waals surface area contributed by atoms with Crippen LogP contribution in [0.2, 0.25) is 0 Å². The SMILES string of the molecule is Cc1cc(C(=O)O)c2scc(F)c2c1. The van der Waals surface area contributed by atoms with E-state index in [1.54, 1.807) is 19.1 Å². The molecule has 0 saturated heterocycles. The quantitative estimate of drug-likeness (QED) is 0.785. The molecule has 4 heteroatoms. The van der Waals surface area contributed by atoms with Crippen LogP contribution in [0.4, 0.5) is 4.39 Å². The fraction of sp³-hybridized carbons (Fsp3) is 0.100. The fourth-order valence-corrected chi connectivity index (χ4v) is 2.32. The van der Waals surface area contributed by atoms with E-state index in [4.69, 9.17) is 5.11 Å². The molecule has 2 aromatic rings. The Bertz CT molecular complexity index is 516. The number of halogens is 1. The van der Waals surface area contributed by atoms with Crippen molar-refractivity contribution in [1.29, 1.82) is 0 Å². The molecule has 0 amide bonds. The van der Waals surface area contributed by atoms with Gasteiger partial charge in [-0.1, -0.05) is 0 Å². The summed E-state index contributed by atoms with van der Waals surface area (Å²) in [4.78, 5) is 10.9. The molecule has 1 N–H and O–H groups in total. The Labute approximate surface area is 83.6 Å². The maximum atomic E-state index is 13.2. The highest BCUT2D eigenvalue weighted by molar-refractivity contribution is 7.17. The van der Waals surface area contributed by atoms with Crippen molar-refractivity contribution in [3.63, 3.8) is 0 Å². The first-order valence-electron chi connectivity index (χ1n) is 4.00. The van der Waals surface area contributed by atoms with E-state index in [0.717, 1.165) is 16.9 Å². The maximum absolute atomic E-state index is 13.2. The normalized spacial score (nSPS) is 10.7. The third kappa shape index (κ3) is 1.28. The van der Waals surface area contributed by atoms with Crippen molar-refractivity contribution in [3.05, 3.63) is 34.5 Å². The fourth-order valence-electron chi connectivity index (χ4n) is 1.41. The molecule has 0 bridgehead atoms. The van der Waals surface area contributed by atoms with Crippen LogP contribution in [0.1, 0.15) is 15.9 Å². The molecule has 1 heterocycles. The molecule has 14 heavy (non-hydrogen) atoms. The van der Waals surface area contributed by atoms with E-state index < -0.39 is 5.97 Å². The number of thiophene rings is 1. The summed E-state index contributed by atoms with van der Waals surface area (Å²) >= 11 is 1.12. The molecule has 0 unspecified atom stereocenters. The number of hydrogen-bond donors (Lipinski definition) is 1. The van der Waals surface area contributed by atoms with E-state index >= 15 is 0 Å². The smallest absolute Gasteiger partial charge is 0.337 e. The van der Waals surface area contributed by atoms with Gasteiger partial charge in [0.1, 0.15) is 5.82 Å². The van der Waals surface area contributed by atoms with Crippen molar-refractivity contribution in [2.45, 2.75) is 6.92 Å². The van der Waals surface area contributed by atoms with Gasteiger partial charge in [-0.3, -0.25) is 0 Å². The van der Waals surface area contributed by atoms with Gasteiger partial charge in [-0.25, -0.2) is 9.18 Å². The highest BCUT2D eigenvalue weighted by atomic mass is 32.1. The van der Waals surface area contributed by atoms with Crippen molar-refractivity contribution in [2.24, 2.45) is 0 Å². The van der Waals surface area contributed by atoms with Crippen LogP contribution in [0.25, 0.3) is 10.1 Å².